The van der Waals surface area contributed by atoms with Crippen molar-refractivity contribution in [2.24, 2.45) is 0 Å². The van der Waals surface area contributed by atoms with Crippen molar-refractivity contribution in [1.82, 2.24) is 0 Å². The van der Waals surface area contributed by atoms with Gasteiger partial charge in [-0.3, -0.25) is 0 Å². The average molecular weight is 206 g/mol. The van der Waals surface area contributed by atoms with E-state index >= 15 is 0 Å². The smallest absolute Gasteiger partial charge is 1.00 e. The molecule has 0 fully saturated rings. The van der Waals surface area contributed by atoms with Gasteiger partial charge >= 0.3 is 46.0 Å². The van der Waals surface area contributed by atoms with Gasteiger partial charge in [0.1, 0.15) is 0 Å². The first-order chi connectivity index (χ1) is 1.73. The standard InChI is InChI=1S/Ca.HO3P.H2O.Zn.2H/c;1-4(2)3;;;;/h;(H-,1,2,3);1H2;;;/q+2;;;;2*-1/p+1. The molecule has 0 saturated carbocycles. The van der Waals surface area contributed by atoms with Gasteiger partial charge in [0.2, 0.25) is 0 Å². The van der Waals surface area contributed by atoms with Gasteiger partial charge in [0.15, 0.2) is 0 Å². The summed E-state index contributed by atoms with van der Waals surface area (Å²) in [5.41, 5.74) is 0. The molecule has 0 radical (unpaired) electrons. The van der Waals surface area contributed by atoms with Crippen LogP contribution < -0.4 is 0 Å². The van der Waals surface area contributed by atoms with E-state index in [0.29, 0.717) is 0 Å². The van der Waals surface area contributed by atoms with E-state index in [1.54, 1.807) is 0 Å². The molecule has 0 atom stereocenters. The van der Waals surface area contributed by atoms with E-state index in [1.165, 1.54) is 0 Å². The Morgan fingerprint density at radius 1 is 1.43 bits per heavy atom. The predicted octanol–water partition coefficient (Wildman–Crippen LogP) is -1.35. The van der Waals surface area contributed by atoms with E-state index in [-0.39, 0.29) is 65.5 Å². The normalized spacial score (nSPS) is 3.71. The Morgan fingerprint density at radius 3 is 1.43 bits per heavy atom. The molecule has 7 heteroatoms. The van der Waals surface area contributed by atoms with Gasteiger partial charge in [-0.05, 0) is 0 Å². The van der Waals surface area contributed by atoms with E-state index in [1.807, 2.05) is 0 Å². The summed E-state index contributed by atoms with van der Waals surface area (Å²) >= 11 is 0. The SMILES string of the molecule is O.O=[P+](O)O.[Ca+2].[H-].[H-].[Zn]. The van der Waals surface area contributed by atoms with Gasteiger partial charge in [0.05, 0.1) is 0 Å². The van der Waals surface area contributed by atoms with Crippen molar-refractivity contribution in [2.75, 3.05) is 0 Å². The summed E-state index contributed by atoms with van der Waals surface area (Å²) < 4.78 is 8.70. The minimum absolute atomic E-state index is 0. The molecule has 0 aliphatic carbocycles. The van der Waals surface area contributed by atoms with Gasteiger partial charge in [-0.2, -0.15) is 0 Å². The summed E-state index contributed by atoms with van der Waals surface area (Å²) in [6.07, 6.45) is 0. The van der Waals surface area contributed by atoms with Crippen LogP contribution in [0.1, 0.15) is 2.85 Å². The van der Waals surface area contributed by atoms with Gasteiger partial charge in [-0.25, -0.2) is 0 Å². The molecule has 0 spiro atoms. The van der Waals surface area contributed by atoms with Crippen molar-refractivity contribution in [1.29, 1.82) is 0 Å². The Balaban J connectivity index is -0.00000000450. The summed E-state index contributed by atoms with van der Waals surface area (Å²) in [6.45, 7) is 0. The van der Waals surface area contributed by atoms with Gasteiger partial charge in [-0.15, -0.1) is 9.79 Å². The van der Waals surface area contributed by atoms with Crippen molar-refractivity contribution in [3.63, 3.8) is 0 Å². The fourth-order valence-electron chi connectivity index (χ4n) is 0. The molecule has 0 heterocycles. The Labute approximate surface area is 87.3 Å². The first-order valence-electron chi connectivity index (χ1n) is 0.583. The average Bonchev–Trinajstić information content (AvgIpc) is 0.811. The molecule has 38 valence electrons. The zero-order valence-electron chi connectivity index (χ0n) is 5.66. The molecule has 0 aliphatic rings. The van der Waals surface area contributed by atoms with Crippen molar-refractivity contribution in [3.8, 4) is 0 Å². The maximum absolute atomic E-state index is 8.70. The summed E-state index contributed by atoms with van der Waals surface area (Å²) in [5.74, 6) is 0. The van der Waals surface area contributed by atoms with Crippen LogP contribution >= 0.6 is 8.25 Å². The van der Waals surface area contributed by atoms with Crippen LogP contribution in [-0.2, 0) is 24.0 Å². The van der Waals surface area contributed by atoms with Crippen LogP contribution in [0.2, 0.25) is 0 Å². The third-order valence-electron chi connectivity index (χ3n) is 0. The fraction of sp³-hybridized carbons (Fsp3) is 0. The predicted molar refractivity (Wildman–Crippen MR) is 23.6 cm³/mol. The summed E-state index contributed by atoms with van der Waals surface area (Å²) in [7, 11) is -2.87. The minimum atomic E-state index is -2.87. The Kier molecular flexibility index (Phi) is 51.8. The molecule has 0 bridgehead atoms. The van der Waals surface area contributed by atoms with E-state index in [2.05, 4.69) is 0 Å². The largest absolute Gasteiger partial charge is 2.00 e. The molecule has 0 amide bonds. The van der Waals surface area contributed by atoms with Gasteiger partial charge in [-0.1, -0.05) is 0 Å². The first kappa shape index (κ1) is 23.2. The maximum atomic E-state index is 8.70. The van der Waals surface area contributed by atoms with Crippen LogP contribution in [0.5, 0.6) is 0 Å². The van der Waals surface area contributed by atoms with E-state index in [4.69, 9.17) is 14.4 Å². The van der Waals surface area contributed by atoms with Crippen LogP contribution in [0.15, 0.2) is 0 Å². The van der Waals surface area contributed by atoms with Crippen molar-refractivity contribution in [3.05, 3.63) is 0 Å². The van der Waals surface area contributed by atoms with Gasteiger partial charge in [0, 0.05) is 24.0 Å². The zero-order valence-corrected chi connectivity index (χ0v) is 9.73. The summed E-state index contributed by atoms with van der Waals surface area (Å²) in [4.78, 5) is 14.2. The quantitative estimate of drug-likeness (QED) is 0.379. The summed E-state index contributed by atoms with van der Waals surface area (Å²) in [6, 6.07) is 0. The second-order valence-electron chi connectivity index (χ2n) is 0.253. The van der Waals surface area contributed by atoms with Crippen LogP contribution in [0.4, 0.5) is 0 Å². The third kappa shape index (κ3) is 77.9. The molecule has 0 aliphatic heterocycles. The van der Waals surface area contributed by atoms with Crippen molar-refractivity contribution >= 4 is 46.0 Å². The van der Waals surface area contributed by atoms with Crippen LogP contribution in [0.25, 0.3) is 0 Å². The minimum Gasteiger partial charge on any atom is -1.00 e. The summed E-state index contributed by atoms with van der Waals surface area (Å²) in [5, 5.41) is 0. The van der Waals surface area contributed by atoms with Crippen LogP contribution in [0.3, 0.4) is 0 Å². The molecule has 4 nitrogen and oxygen atoms in total. The van der Waals surface area contributed by atoms with Crippen LogP contribution in [0, 0.1) is 0 Å². The molecule has 7 heavy (non-hydrogen) atoms. The Morgan fingerprint density at radius 2 is 1.43 bits per heavy atom. The number of rotatable bonds is 0. The van der Waals surface area contributed by atoms with Gasteiger partial charge in [0.25, 0.3) is 0 Å². The number of hydrogen-bond donors (Lipinski definition) is 2. The molecule has 0 unspecified atom stereocenters. The monoisotopic (exact) mass is 205 g/mol. The molecule has 4 N–H and O–H groups in total. The molecule has 0 aromatic heterocycles. The van der Waals surface area contributed by atoms with E-state index < -0.39 is 8.25 Å². The Bertz CT molecular complexity index is 41.5. The second-order valence-corrected chi connectivity index (χ2v) is 0.758. The maximum Gasteiger partial charge on any atom is 2.00 e. The van der Waals surface area contributed by atoms with Crippen molar-refractivity contribution in [2.45, 2.75) is 0 Å². The van der Waals surface area contributed by atoms with Crippen molar-refractivity contribution < 1.29 is 42.2 Å². The van der Waals surface area contributed by atoms with Gasteiger partial charge < -0.3 is 8.33 Å². The molecular weight excluding hydrogens is 200 g/mol. The molecule has 0 aromatic rings. The van der Waals surface area contributed by atoms with E-state index in [0.717, 1.165) is 0 Å². The third-order valence-corrected chi connectivity index (χ3v) is 0. The first-order valence-corrected chi connectivity index (χ1v) is 1.75. The van der Waals surface area contributed by atoms with Crippen LogP contribution in [-0.4, -0.2) is 53.0 Å². The topological polar surface area (TPSA) is 89.0 Å². The molecule has 0 rings (SSSR count). The molecule has 0 saturated heterocycles. The number of hydrogen-bond acceptors (Lipinski definition) is 1. The fourth-order valence-corrected chi connectivity index (χ4v) is 0. The molecule has 0 aromatic carbocycles. The van der Waals surface area contributed by atoms with E-state index in [9.17, 15) is 0 Å². The molecular formula is H6CaO4PZn+. The Hall–Kier alpha value is 1.86. The second kappa shape index (κ2) is 15.7. The zero-order chi connectivity index (χ0) is 3.58.